The summed E-state index contributed by atoms with van der Waals surface area (Å²) >= 11 is 0. The van der Waals surface area contributed by atoms with E-state index in [1.54, 1.807) is 15.5 Å². The van der Waals surface area contributed by atoms with Crippen LogP contribution in [-0.2, 0) is 9.53 Å². The van der Waals surface area contributed by atoms with Gasteiger partial charge in [-0.05, 0) is 74.5 Å². The minimum Gasteiger partial charge on any atom is -0.446 e. The summed E-state index contributed by atoms with van der Waals surface area (Å²) in [6.45, 7) is 0.972. The number of nitrogens with one attached hydrogen (secondary N) is 1. The van der Waals surface area contributed by atoms with E-state index in [2.05, 4.69) is 10.9 Å². The van der Waals surface area contributed by atoms with E-state index in [-0.39, 0.29) is 41.7 Å². The van der Waals surface area contributed by atoms with Gasteiger partial charge in [0.05, 0.1) is 22.5 Å². The first-order valence-electron chi connectivity index (χ1n) is 11.8. The predicted molar refractivity (Wildman–Crippen MR) is 121 cm³/mol. The summed E-state index contributed by atoms with van der Waals surface area (Å²) in [5.41, 5.74) is 7.38. The van der Waals surface area contributed by atoms with Gasteiger partial charge in [-0.15, -0.1) is 6.42 Å². The summed E-state index contributed by atoms with van der Waals surface area (Å²) in [5, 5.41) is 0. The van der Waals surface area contributed by atoms with E-state index in [9.17, 15) is 14.4 Å². The maximum absolute atomic E-state index is 13.1. The van der Waals surface area contributed by atoms with Crippen LogP contribution in [0.1, 0.15) is 50.1 Å². The number of hydrogen-bond donors (Lipinski definition) is 2. The lowest BCUT2D eigenvalue weighted by molar-refractivity contribution is -0.161. The maximum Gasteiger partial charge on any atom is 0.410 e. The second-order valence-corrected chi connectivity index (χ2v) is 10.5. The van der Waals surface area contributed by atoms with Gasteiger partial charge in [0.25, 0.3) is 0 Å². The van der Waals surface area contributed by atoms with Gasteiger partial charge >= 0.3 is 11.8 Å². The lowest BCUT2D eigenvalue weighted by Crippen LogP contribution is -2.59. The van der Waals surface area contributed by atoms with Gasteiger partial charge < -0.3 is 20.4 Å². The van der Waals surface area contributed by atoms with Crippen molar-refractivity contribution in [1.29, 1.82) is 0 Å². The fraction of sp³-hybridized carbons (Fsp3) is 0.560. The molecule has 33 heavy (non-hydrogen) atoms. The zero-order valence-electron chi connectivity index (χ0n) is 18.5. The molecular formula is C25H28N4O4. The summed E-state index contributed by atoms with van der Waals surface area (Å²) in [6.07, 6.45) is 10.1. The number of rotatable bonds is 3. The van der Waals surface area contributed by atoms with Gasteiger partial charge in [0, 0.05) is 18.7 Å². The number of imidazole rings is 1. The van der Waals surface area contributed by atoms with Gasteiger partial charge in [-0.1, -0.05) is 5.92 Å². The van der Waals surface area contributed by atoms with E-state index < -0.39 is 5.41 Å². The first-order chi connectivity index (χ1) is 15.9. The summed E-state index contributed by atoms with van der Waals surface area (Å²) in [7, 11) is 0. The first kappa shape index (κ1) is 20.4. The Morgan fingerprint density at radius 2 is 1.97 bits per heavy atom. The number of amides is 2. The molecule has 2 heterocycles. The van der Waals surface area contributed by atoms with E-state index in [1.165, 1.54) is 0 Å². The van der Waals surface area contributed by atoms with Crippen molar-refractivity contribution in [2.75, 3.05) is 13.1 Å². The maximum atomic E-state index is 13.1. The Labute approximate surface area is 191 Å². The van der Waals surface area contributed by atoms with Crippen LogP contribution in [0.25, 0.3) is 11.0 Å². The molecule has 3 N–H and O–H groups in total. The third-order valence-corrected chi connectivity index (χ3v) is 8.62. The molecule has 8 heteroatoms. The Kier molecular flexibility index (Phi) is 4.42. The van der Waals surface area contributed by atoms with Crippen molar-refractivity contribution in [3.05, 3.63) is 34.2 Å². The van der Waals surface area contributed by atoms with Crippen LogP contribution in [0.4, 0.5) is 4.79 Å². The Balaban J connectivity index is 1.16. The van der Waals surface area contributed by atoms with E-state index in [1.807, 2.05) is 12.1 Å². The fourth-order valence-electron chi connectivity index (χ4n) is 7.36. The number of hydrogen-bond acceptors (Lipinski definition) is 4. The number of carbonyl (C=O) groups excluding carboxylic acids is 2. The molecule has 5 fully saturated rings. The zero-order chi connectivity index (χ0) is 22.9. The Bertz CT molecular complexity index is 1240. The van der Waals surface area contributed by atoms with Gasteiger partial charge in [-0.3, -0.25) is 9.36 Å². The summed E-state index contributed by atoms with van der Waals surface area (Å²) in [6, 6.07) is 5.34. The molecule has 1 aliphatic heterocycles. The van der Waals surface area contributed by atoms with Crippen molar-refractivity contribution in [3.8, 4) is 12.3 Å². The average Bonchev–Trinajstić information content (AvgIpc) is 3.38. The summed E-state index contributed by atoms with van der Waals surface area (Å²) < 4.78 is 7.79. The van der Waals surface area contributed by atoms with Crippen LogP contribution >= 0.6 is 0 Å². The number of H-pyrrole nitrogens is 1. The van der Waals surface area contributed by atoms with E-state index >= 15 is 0 Å². The Morgan fingerprint density at radius 3 is 2.67 bits per heavy atom. The highest BCUT2D eigenvalue weighted by Crippen LogP contribution is 2.60. The number of nitrogens with two attached hydrogens (primary N) is 1. The molecule has 4 saturated carbocycles. The topological polar surface area (TPSA) is 110 Å². The monoisotopic (exact) mass is 448 g/mol. The second kappa shape index (κ2) is 7.14. The molecule has 5 aliphatic rings. The van der Waals surface area contributed by atoms with Crippen LogP contribution in [0.3, 0.4) is 0 Å². The molecule has 7 rings (SSSR count). The van der Waals surface area contributed by atoms with E-state index in [4.69, 9.17) is 16.9 Å². The quantitative estimate of drug-likeness (QED) is 0.703. The number of aromatic amines is 1. The predicted octanol–water partition coefficient (Wildman–Crippen LogP) is 2.37. The molecular weight excluding hydrogens is 420 g/mol. The van der Waals surface area contributed by atoms with Gasteiger partial charge in [0.1, 0.15) is 6.10 Å². The number of likely N-dealkylation sites (tertiary alicyclic amines) is 1. The Hall–Kier alpha value is -3.21. The minimum atomic E-state index is -0.395. The molecule has 0 spiro atoms. The molecule has 0 radical (unpaired) electrons. The zero-order valence-corrected chi connectivity index (χ0v) is 18.5. The van der Waals surface area contributed by atoms with Crippen LogP contribution < -0.4 is 11.4 Å². The number of aromatic nitrogens is 2. The lowest BCUT2D eigenvalue weighted by atomic mass is 9.48. The number of carbonyl (C=O) groups is 2. The SMILES string of the molecule is C#Cc1ccc2c(c1)[nH]c(=O)n2[C@@H]1CCN(C(=O)OC2C3CC4CC2CC(C(N)=O)(C4)C3)C1. The van der Waals surface area contributed by atoms with Crippen molar-refractivity contribution < 1.29 is 14.3 Å². The van der Waals surface area contributed by atoms with Crippen LogP contribution in [0.5, 0.6) is 0 Å². The number of ether oxygens (including phenoxy) is 1. The van der Waals surface area contributed by atoms with Gasteiger partial charge in [0.15, 0.2) is 0 Å². The third-order valence-electron chi connectivity index (χ3n) is 8.62. The highest BCUT2D eigenvalue weighted by Gasteiger charge is 2.59. The molecule has 3 atom stereocenters. The third kappa shape index (κ3) is 3.09. The van der Waals surface area contributed by atoms with Crippen molar-refractivity contribution in [3.63, 3.8) is 0 Å². The molecule has 2 aromatic rings. The molecule has 8 nitrogen and oxygen atoms in total. The van der Waals surface area contributed by atoms with Crippen molar-refractivity contribution in [1.82, 2.24) is 14.5 Å². The average molecular weight is 449 g/mol. The number of terminal acetylenes is 1. The second-order valence-electron chi connectivity index (χ2n) is 10.5. The van der Waals surface area contributed by atoms with Crippen molar-refractivity contribution in [2.45, 2.75) is 50.7 Å². The molecule has 2 unspecified atom stereocenters. The Morgan fingerprint density at radius 1 is 1.21 bits per heavy atom. The van der Waals surface area contributed by atoms with Gasteiger partial charge in [-0.2, -0.15) is 0 Å². The highest BCUT2D eigenvalue weighted by molar-refractivity contribution is 5.81. The van der Waals surface area contributed by atoms with Gasteiger partial charge in [-0.25, -0.2) is 9.59 Å². The molecule has 1 aromatic heterocycles. The molecule has 1 aromatic carbocycles. The minimum absolute atomic E-state index is 0.118. The van der Waals surface area contributed by atoms with Crippen molar-refractivity contribution >= 4 is 23.0 Å². The standard InChI is InChI=1S/C25H28N4O4/c1-2-14-3-4-20-19(9-14)27-23(31)29(20)18-5-6-28(13-18)24(32)33-21-16-7-15-8-17(21)12-25(10-15,11-16)22(26)30/h1,3-4,9,15-18,21H,5-8,10-13H2,(H2,26,30)(H,27,31)/t15?,16?,17?,18-,21?,25?/m1/s1. The summed E-state index contributed by atoms with van der Waals surface area (Å²) in [5.74, 6) is 3.34. The number of nitrogens with zero attached hydrogens (tertiary/aromatic N) is 2. The molecule has 4 bridgehead atoms. The molecule has 2 amide bonds. The number of primary amides is 1. The van der Waals surface area contributed by atoms with Crippen molar-refractivity contribution in [2.24, 2.45) is 28.9 Å². The van der Waals surface area contributed by atoms with Gasteiger partial charge in [0.2, 0.25) is 5.91 Å². The smallest absolute Gasteiger partial charge is 0.410 e. The van der Waals surface area contributed by atoms with Crippen LogP contribution in [-0.4, -0.2) is 45.6 Å². The highest BCUT2D eigenvalue weighted by atomic mass is 16.6. The normalized spacial score (nSPS) is 34.5. The van der Waals surface area contributed by atoms with Crippen LogP contribution in [0, 0.1) is 35.5 Å². The van der Waals surface area contributed by atoms with E-state index in [0.717, 1.165) is 37.6 Å². The number of benzene rings is 1. The molecule has 172 valence electrons. The largest absolute Gasteiger partial charge is 0.446 e. The van der Waals surface area contributed by atoms with Crippen LogP contribution in [0.15, 0.2) is 23.0 Å². The number of fused-ring (bicyclic) bond motifs is 1. The fourth-order valence-corrected chi connectivity index (χ4v) is 7.36. The molecule has 1 saturated heterocycles. The van der Waals surface area contributed by atoms with Crippen LogP contribution in [0.2, 0.25) is 0 Å². The lowest BCUT2D eigenvalue weighted by Gasteiger charge is -2.58. The first-order valence-corrected chi connectivity index (χ1v) is 11.8. The summed E-state index contributed by atoms with van der Waals surface area (Å²) in [4.78, 5) is 42.5. The van der Waals surface area contributed by atoms with E-state index in [0.29, 0.717) is 36.5 Å². The molecule has 4 aliphatic carbocycles.